The van der Waals surface area contributed by atoms with Crippen LogP contribution in [0.5, 0.6) is 5.75 Å². The summed E-state index contributed by atoms with van der Waals surface area (Å²) in [4.78, 5) is 16.8. The summed E-state index contributed by atoms with van der Waals surface area (Å²) in [5, 5.41) is 4.19. The molecule has 0 aliphatic rings. The highest BCUT2D eigenvalue weighted by Crippen LogP contribution is 2.19. The molecule has 0 fully saturated rings. The number of furan rings is 1. The zero-order chi connectivity index (χ0) is 18.4. The van der Waals surface area contributed by atoms with Gasteiger partial charge in [0.2, 0.25) is 5.76 Å². The maximum Gasteiger partial charge on any atom is 0.400 e. The molecule has 3 rings (SSSR count). The topological polar surface area (TPSA) is 87.1 Å². The molecular formula is C19H15ClN2O4. The van der Waals surface area contributed by atoms with Crippen molar-refractivity contribution < 1.29 is 18.8 Å². The molecule has 0 spiro atoms. The van der Waals surface area contributed by atoms with E-state index in [0.717, 1.165) is 0 Å². The first-order valence-corrected chi connectivity index (χ1v) is 8.07. The Morgan fingerprint density at radius 3 is 2.65 bits per heavy atom. The van der Waals surface area contributed by atoms with Gasteiger partial charge in [0.05, 0.1) is 0 Å². The van der Waals surface area contributed by atoms with E-state index >= 15 is 0 Å². The Kier molecular flexibility index (Phi) is 5.56. The van der Waals surface area contributed by atoms with Gasteiger partial charge < -0.3 is 19.7 Å². The molecule has 0 radical (unpaired) electrons. The molecule has 0 aliphatic carbocycles. The van der Waals surface area contributed by atoms with E-state index in [9.17, 15) is 4.79 Å². The molecule has 7 heteroatoms. The second-order valence-corrected chi connectivity index (χ2v) is 5.67. The van der Waals surface area contributed by atoms with Crippen LogP contribution in [0.3, 0.4) is 0 Å². The lowest BCUT2D eigenvalue weighted by Crippen LogP contribution is -2.14. The van der Waals surface area contributed by atoms with E-state index in [2.05, 4.69) is 5.16 Å². The number of amidine groups is 1. The van der Waals surface area contributed by atoms with Crippen molar-refractivity contribution in [2.45, 2.75) is 6.61 Å². The van der Waals surface area contributed by atoms with E-state index in [1.54, 1.807) is 54.6 Å². The van der Waals surface area contributed by atoms with Crippen molar-refractivity contribution in [3.05, 3.63) is 88.8 Å². The lowest BCUT2D eigenvalue weighted by molar-refractivity contribution is 0.0475. The molecule has 0 amide bonds. The number of hydrogen-bond donors (Lipinski definition) is 1. The molecule has 1 aromatic heterocycles. The molecule has 0 saturated heterocycles. The van der Waals surface area contributed by atoms with E-state index in [0.29, 0.717) is 22.1 Å². The first-order chi connectivity index (χ1) is 12.6. The minimum absolute atomic E-state index is 0.000643. The first kappa shape index (κ1) is 17.6. The Hall–Kier alpha value is -3.25. The van der Waals surface area contributed by atoms with Gasteiger partial charge in [0, 0.05) is 10.6 Å². The SMILES string of the molecule is N/C(=N\OC(=O)c1ccc(COc2cccc(Cl)c2)o1)c1ccccc1. The van der Waals surface area contributed by atoms with Gasteiger partial charge in [0.15, 0.2) is 5.84 Å². The fourth-order valence-electron chi connectivity index (χ4n) is 2.07. The van der Waals surface area contributed by atoms with E-state index in [-0.39, 0.29) is 18.2 Å². The van der Waals surface area contributed by atoms with Gasteiger partial charge in [-0.2, -0.15) is 0 Å². The molecular weight excluding hydrogens is 356 g/mol. The summed E-state index contributed by atoms with van der Waals surface area (Å²) in [5.74, 6) is 0.391. The quantitative estimate of drug-likeness (QED) is 0.307. The standard InChI is InChI=1S/C19H15ClN2O4/c20-14-7-4-8-15(11-14)24-12-16-9-10-17(25-16)19(23)26-22-18(21)13-5-2-1-3-6-13/h1-11H,12H2,(H2,21,22). The summed E-state index contributed by atoms with van der Waals surface area (Å²) >= 11 is 5.89. The monoisotopic (exact) mass is 370 g/mol. The summed E-state index contributed by atoms with van der Waals surface area (Å²) in [6.45, 7) is 0.142. The fourth-order valence-corrected chi connectivity index (χ4v) is 2.25. The third kappa shape index (κ3) is 4.64. The predicted octanol–water partition coefficient (Wildman–Crippen LogP) is 3.99. The van der Waals surface area contributed by atoms with Crippen LogP contribution >= 0.6 is 11.6 Å². The molecule has 132 valence electrons. The van der Waals surface area contributed by atoms with Crippen LogP contribution in [0.15, 0.2) is 76.3 Å². The van der Waals surface area contributed by atoms with Gasteiger partial charge in [-0.1, -0.05) is 53.2 Å². The highest BCUT2D eigenvalue weighted by molar-refractivity contribution is 6.30. The van der Waals surface area contributed by atoms with Crippen LogP contribution in [0, 0.1) is 0 Å². The number of carbonyl (C=O) groups is 1. The summed E-state index contributed by atoms with van der Waals surface area (Å²) in [7, 11) is 0. The minimum atomic E-state index is -0.752. The van der Waals surface area contributed by atoms with Gasteiger partial charge >= 0.3 is 5.97 Å². The van der Waals surface area contributed by atoms with Gasteiger partial charge in [-0.05, 0) is 30.3 Å². The molecule has 0 aliphatic heterocycles. The van der Waals surface area contributed by atoms with Crippen molar-refractivity contribution in [3.8, 4) is 5.75 Å². The minimum Gasteiger partial charge on any atom is -0.486 e. The van der Waals surface area contributed by atoms with Crippen molar-refractivity contribution >= 4 is 23.4 Å². The van der Waals surface area contributed by atoms with Crippen LogP contribution in [-0.4, -0.2) is 11.8 Å². The molecule has 0 saturated carbocycles. The highest BCUT2D eigenvalue weighted by atomic mass is 35.5. The number of hydrogen-bond acceptors (Lipinski definition) is 5. The second kappa shape index (κ2) is 8.22. The Labute approximate surface area is 154 Å². The molecule has 2 aromatic carbocycles. The van der Waals surface area contributed by atoms with Gasteiger partial charge in [-0.3, -0.25) is 0 Å². The Morgan fingerprint density at radius 2 is 1.88 bits per heavy atom. The largest absolute Gasteiger partial charge is 0.486 e. The normalized spacial score (nSPS) is 11.2. The first-order valence-electron chi connectivity index (χ1n) is 7.69. The van der Waals surface area contributed by atoms with Crippen LogP contribution in [0.1, 0.15) is 21.9 Å². The van der Waals surface area contributed by atoms with Crippen molar-refractivity contribution in [1.82, 2.24) is 0 Å². The van der Waals surface area contributed by atoms with Crippen LogP contribution < -0.4 is 10.5 Å². The zero-order valence-corrected chi connectivity index (χ0v) is 14.3. The molecule has 1 heterocycles. The average Bonchev–Trinajstić information content (AvgIpc) is 3.14. The average molecular weight is 371 g/mol. The third-order valence-electron chi connectivity index (χ3n) is 3.34. The number of carbonyl (C=O) groups excluding carboxylic acids is 1. The van der Waals surface area contributed by atoms with Gasteiger partial charge in [-0.15, -0.1) is 0 Å². The van der Waals surface area contributed by atoms with Crippen molar-refractivity contribution in [2.24, 2.45) is 10.9 Å². The predicted molar refractivity (Wildman–Crippen MR) is 97.1 cm³/mol. The summed E-state index contributed by atoms with van der Waals surface area (Å²) in [6, 6.07) is 19.0. The van der Waals surface area contributed by atoms with Crippen LogP contribution in [0.4, 0.5) is 0 Å². The fraction of sp³-hybridized carbons (Fsp3) is 0.0526. The van der Waals surface area contributed by atoms with E-state index < -0.39 is 5.97 Å². The Balaban J connectivity index is 1.57. The maximum atomic E-state index is 12.0. The van der Waals surface area contributed by atoms with E-state index in [1.807, 2.05) is 6.07 Å². The second-order valence-electron chi connectivity index (χ2n) is 5.23. The summed E-state index contributed by atoms with van der Waals surface area (Å²) in [5.41, 5.74) is 6.41. The summed E-state index contributed by atoms with van der Waals surface area (Å²) < 4.78 is 10.9. The third-order valence-corrected chi connectivity index (χ3v) is 3.57. The number of benzene rings is 2. The van der Waals surface area contributed by atoms with Crippen LogP contribution in [0.25, 0.3) is 0 Å². The maximum absolute atomic E-state index is 12.0. The van der Waals surface area contributed by atoms with Crippen LogP contribution in [0.2, 0.25) is 5.02 Å². The lowest BCUT2D eigenvalue weighted by atomic mass is 10.2. The molecule has 3 aromatic rings. The molecule has 26 heavy (non-hydrogen) atoms. The zero-order valence-electron chi connectivity index (χ0n) is 13.6. The Bertz CT molecular complexity index is 922. The van der Waals surface area contributed by atoms with Crippen molar-refractivity contribution in [1.29, 1.82) is 0 Å². The number of ether oxygens (including phenoxy) is 1. The number of halogens is 1. The molecule has 6 nitrogen and oxygen atoms in total. The lowest BCUT2D eigenvalue weighted by Gasteiger charge is -2.04. The van der Waals surface area contributed by atoms with E-state index in [4.69, 9.17) is 31.3 Å². The summed E-state index contributed by atoms with van der Waals surface area (Å²) in [6.07, 6.45) is 0. The number of rotatable bonds is 6. The molecule has 2 N–H and O–H groups in total. The Morgan fingerprint density at radius 1 is 1.08 bits per heavy atom. The van der Waals surface area contributed by atoms with Crippen molar-refractivity contribution in [2.75, 3.05) is 0 Å². The number of oxime groups is 1. The van der Waals surface area contributed by atoms with Gasteiger partial charge in [0.1, 0.15) is 18.1 Å². The molecule has 0 unspecified atom stereocenters. The smallest absolute Gasteiger partial charge is 0.400 e. The highest BCUT2D eigenvalue weighted by Gasteiger charge is 2.14. The number of nitrogens with zero attached hydrogens (tertiary/aromatic N) is 1. The van der Waals surface area contributed by atoms with Gasteiger partial charge in [0.25, 0.3) is 0 Å². The van der Waals surface area contributed by atoms with E-state index in [1.165, 1.54) is 6.07 Å². The molecule has 0 atom stereocenters. The van der Waals surface area contributed by atoms with Crippen LogP contribution in [-0.2, 0) is 11.4 Å². The van der Waals surface area contributed by atoms with Gasteiger partial charge in [-0.25, -0.2) is 4.79 Å². The number of nitrogens with two attached hydrogens (primary N) is 1. The molecule has 0 bridgehead atoms. The van der Waals surface area contributed by atoms with Crippen molar-refractivity contribution in [3.63, 3.8) is 0 Å².